The standard InChI is InChI=1S/C18H17FN4/c19-14-5-3-13(4-6-14)17-16(12-7-10-20-11-8-12)18(23-22-17)15-2-1-9-21-15/h3-8,10-11,15,21H,1-2,9H2,(H,22,23). The lowest BCUT2D eigenvalue weighted by atomic mass is 9.96. The van der Waals surface area contributed by atoms with Gasteiger partial charge >= 0.3 is 0 Å². The minimum absolute atomic E-state index is 0.243. The van der Waals surface area contributed by atoms with E-state index < -0.39 is 0 Å². The molecule has 4 nitrogen and oxygen atoms in total. The third-order valence-corrected chi connectivity index (χ3v) is 4.29. The Balaban J connectivity index is 1.87. The van der Waals surface area contributed by atoms with Gasteiger partial charge in [0.2, 0.25) is 0 Å². The molecule has 4 rings (SSSR count). The molecule has 23 heavy (non-hydrogen) atoms. The van der Waals surface area contributed by atoms with Crippen molar-refractivity contribution in [3.05, 3.63) is 60.3 Å². The molecule has 1 saturated heterocycles. The highest BCUT2D eigenvalue weighted by Gasteiger charge is 2.25. The molecule has 3 aromatic rings. The van der Waals surface area contributed by atoms with Crippen LogP contribution < -0.4 is 5.32 Å². The molecular weight excluding hydrogens is 291 g/mol. The van der Waals surface area contributed by atoms with E-state index in [0.29, 0.717) is 0 Å². The zero-order chi connectivity index (χ0) is 15.6. The average molecular weight is 308 g/mol. The lowest BCUT2D eigenvalue weighted by Crippen LogP contribution is -2.14. The number of halogens is 1. The largest absolute Gasteiger partial charge is 0.309 e. The molecule has 0 amide bonds. The zero-order valence-electron chi connectivity index (χ0n) is 12.6. The van der Waals surface area contributed by atoms with Crippen molar-refractivity contribution in [2.45, 2.75) is 18.9 Å². The molecule has 5 heteroatoms. The number of hydrogen-bond donors (Lipinski definition) is 2. The van der Waals surface area contributed by atoms with Crippen molar-refractivity contribution in [3.63, 3.8) is 0 Å². The van der Waals surface area contributed by atoms with Gasteiger partial charge in [0.15, 0.2) is 0 Å². The summed E-state index contributed by atoms with van der Waals surface area (Å²) in [5.74, 6) is -0.243. The van der Waals surface area contributed by atoms with Crippen LogP contribution in [0.3, 0.4) is 0 Å². The zero-order valence-corrected chi connectivity index (χ0v) is 12.6. The van der Waals surface area contributed by atoms with Crippen LogP contribution in [0, 0.1) is 5.82 Å². The second-order valence-corrected chi connectivity index (χ2v) is 5.75. The van der Waals surface area contributed by atoms with Crippen molar-refractivity contribution in [2.75, 3.05) is 6.54 Å². The van der Waals surface area contributed by atoms with Crippen LogP contribution in [-0.4, -0.2) is 21.7 Å². The Kier molecular flexibility index (Phi) is 3.63. The number of aromatic amines is 1. The first-order valence-corrected chi connectivity index (χ1v) is 7.81. The summed E-state index contributed by atoms with van der Waals surface area (Å²) in [6, 6.07) is 10.7. The van der Waals surface area contributed by atoms with Gasteiger partial charge in [0, 0.05) is 29.6 Å². The molecule has 0 saturated carbocycles. The molecule has 0 aliphatic carbocycles. The third-order valence-electron chi connectivity index (χ3n) is 4.29. The van der Waals surface area contributed by atoms with Gasteiger partial charge in [-0.2, -0.15) is 5.10 Å². The number of H-pyrrole nitrogens is 1. The molecule has 2 N–H and O–H groups in total. The number of rotatable bonds is 3. The fourth-order valence-corrected chi connectivity index (χ4v) is 3.17. The molecule has 116 valence electrons. The predicted octanol–water partition coefficient (Wildman–Crippen LogP) is 3.70. The Labute approximate surface area is 133 Å². The number of aromatic nitrogens is 3. The predicted molar refractivity (Wildman–Crippen MR) is 87.2 cm³/mol. The highest BCUT2D eigenvalue weighted by Crippen LogP contribution is 2.37. The van der Waals surface area contributed by atoms with Gasteiger partial charge in [-0.25, -0.2) is 4.39 Å². The van der Waals surface area contributed by atoms with E-state index in [1.807, 2.05) is 12.1 Å². The van der Waals surface area contributed by atoms with E-state index in [2.05, 4.69) is 20.5 Å². The van der Waals surface area contributed by atoms with E-state index in [1.165, 1.54) is 12.1 Å². The van der Waals surface area contributed by atoms with Gasteiger partial charge in [-0.1, -0.05) is 0 Å². The van der Waals surface area contributed by atoms with Crippen molar-refractivity contribution in [2.24, 2.45) is 0 Å². The van der Waals surface area contributed by atoms with E-state index >= 15 is 0 Å². The monoisotopic (exact) mass is 308 g/mol. The van der Waals surface area contributed by atoms with Gasteiger partial charge in [0.05, 0.1) is 5.69 Å². The van der Waals surface area contributed by atoms with Crippen LogP contribution >= 0.6 is 0 Å². The minimum atomic E-state index is -0.243. The summed E-state index contributed by atoms with van der Waals surface area (Å²) in [5.41, 5.74) is 4.97. The van der Waals surface area contributed by atoms with Gasteiger partial charge in [-0.15, -0.1) is 0 Å². The Morgan fingerprint density at radius 1 is 1.00 bits per heavy atom. The van der Waals surface area contributed by atoms with E-state index in [0.717, 1.165) is 47.5 Å². The first kappa shape index (κ1) is 14.1. The third kappa shape index (κ3) is 2.64. The topological polar surface area (TPSA) is 53.6 Å². The first-order chi connectivity index (χ1) is 11.3. The Morgan fingerprint density at radius 2 is 1.78 bits per heavy atom. The fraction of sp³-hybridized carbons (Fsp3) is 0.222. The van der Waals surface area contributed by atoms with Crippen LogP contribution in [0.1, 0.15) is 24.6 Å². The molecule has 3 heterocycles. The van der Waals surface area contributed by atoms with Crippen molar-refractivity contribution in [3.8, 4) is 22.4 Å². The Bertz CT molecular complexity index is 790. The molecule has 1 atom stereocenters. The Morgan fingerprint density at radius 3 is 2.48 bits per heavy atom. The normalized spacial score (nSPS) is 17.5. The summed E-state index contributed by atoms with van der Waals surface area (Å²) >= 11 is 0. The van der Waals surface area contributed by atoms with Gasteiger partial charge in [0.1, 0.15) is 11.5 Å². The number of nitrogens with one attached hydrogen (secondary N) is 2. The summed E-state index contributed by atoms with van der Waals surface area (Å²) in [6.07, 6.45) is 5.81. The minimum Gasteiger partial charge on any atom is -0.309 e. The van der Waals surface area contributed by atoms with Gasteiger partial charge in [-0.3, -0.25) is 10.1 Å². The number of hydrogen-bond acceptors (Lipinski definition) is 3. The van der Waals surface area contributed by atoms with Crippen molar-refractivity contribution < 1.29 is 4.39 Å². The van der Waals surface area contributed by atoms with E-state index in [-0.39, 0.29) is 11.9 Å². The van der Waals surface area contributed by atoms with Crippen LogP contribution in [0.4, 0.5) is 4.39 Å². The first-order valence-electron chi connectivity index (χ1n) is 7.81. The molecule has 1 unspecified atom stereocenters. The smallest absolute Gasteiger partial charge is 0.123 e. The molecular formula is C18H17FN4. The van der Waals surface area contributed by atoms with E-state index in [9.17, 15) is 4.39 Å². The fourth-order valence-electron chi connectivity index (χ4n) is 3.17. The van der Waals surface area contributed by atoms with Crippen LogP contribution in [0.25, 0.3) is 22.4 Å². The van der Waals surface area contributed by atoms with Gasteiger partial charge in [0.25, 0.3) is 0 Å². The van der Waals surface area contributed by atoms with Crippen LogP contribution in [0.2, 0.25) is 0 Å². The van der Waals surface area contributed by atoms with Crippen molar-refractivity contribution in [1.29, 1.82) is 0 Å². The maximum Gasteiger partial charge on any atom is 0.123 e. The molecule has 1 fully saturated rings. The lowest BCUT2D eigenvalue weighted by Gasteiger charge is -2.12. The SMILES string of the molecule is Fc1ccc(-c2n[nH]c(C3CCCN3)c2-c2ccncc2)cc1. The summed E-state index contributed by atoms with van der Waals surface area (Å²) in [5, 5.41) is 11.2. The second-order valence-electron chi connectivity index (χ2n) is 5.75. The summed E-state index contributed by atoms with van der Waals surface area (Å²) in [4.78, 5) is 4.10. The van der Waals surface area contributed by atoms with E-state index in [1.54, 1.807) is 24.5 Å². The van der Waals surface area contributed by atoms with Gasteiger partial charge in [-0.05, 0) is 61.3 Å². The second kappa shape index (κ2) is 5.93. The molecule has 0 spiro atoms. The molecule has 1 aromatic carbocycles. The highest BCUT2D eigenvalue weighted by atomic mass is 19.1. The van der Waals surface area contributed by atoms with Crippen molar-refractivity contribution >= 4 is 0 Å². The lowest BCUT2D eigenvalue weighted by molar-refractivity contribution is 0.626. The molecule has 1 aliphatic rings. The number of pyridine rings is 1. The summed E-state index contributed by atoms with van der Waals surface area (Å²) in [6.45, 7) is 1.02. The van der Waals surface area contributed by atoms with Crippen LogP contribution in [-0.2, 0) is 0 Å². The number of benzene rings is 1. The number of nitrogens with zero attached hydrogens (tertiary/aromatic N) is 2. The summed E-state index contributed by atoms with van der Waals surface area (Å²) in [7, 11) is 0. The highest BCUT2D eigenvalue weighted by molar-refractivity contribution is 5.82. The quantitative estimate of drug-likeness (QED) is 0.775. The summed E-state index contributed by atoms with van der Waals surface area (Å²) < 4.78 is 13.2. The van der Waals surface area contributed by atoms with E-state index in [4.69, 9.17) is 0 Å². The van der Waals surface area contributed by atoms with Crippen molar-refractivity contribution in [1.82, 2.24) is 20.5 Å². The maximum absolute atomic E-state index is 13.2. The van der Waals surface area contributed by atoms with Gasteiger partial charge < -0.3 is 5.32 Å². The molecule has 2 aromatic heterocycles. The molecule has 0 bridgehead atoms. The maximum atomic E-state index is 13.2. The van der Waals surface area contributed by atoms with Crippen LogP contribution in [0.5, 0.6) is 0 Å². The van der Waals surface area contributed by atoms with Crippen LogP contribution in [0.15, 0.2) is 48.8 Å². The Hall–Kier alpha value is -2.53. The average Bonchev–Trinajstić information content (AvgIpc) is 3.25. The molecule has 0 radical (unpaired) electrons. The molecule has 1 aliphatic heterocycles.